The third-order valence-corrected chi connectivity index (χ3v) is 4.55. The first-order chi connectivity index (χ1) is 16.1. The van der Waals surface area contributed by atoms with Gasteiger partial charge in [-0.2, -0.15) is 0 Å². The number of anilines is 1. The molecule has 0 aliphatic carbocycles. The van der Waals surface area contributed by atoms with Gasteiger partial charge in [-0.05, 0) is 42.9 Å². The molecule has 0 aliphatic rings. The predicted molar refractivity (Wildman–Crippen MR) is 126 cm³/mol. The molecule has 9 nitrogen and oxygen atoms in total. The molecule has 0 unspecified atom stereocenters. The maximum absolute atomic E-state index is 12.3. The lowest BCUT2D eigenvalue weighted by Crippen LogP contribution is -2.28. The van der Waals surface area contributed by atoms with Crippen LogP contribution >= 0.6 is 0 Å². The number of carbonyl (C=O) groups excluding carboxylic acids is 2. The Kier molecular flexibility index (Phi) is 8.61. The van der Waals surface area contributed by atoms with Crippen molar-refractivity contribution >= 4 is 17.6 Å². The average molecular weight is 450 g/mol. The molecule has 0 radical (unpaired) electrons. The summed E-state index contributed by atoms with van der Waals surface area (Å²) in [5, 5.41) is 11.2. The van der Waals surface area contributed by atoms with E-state index in [0.717, 1.165) is 5.56 Å². The first-order valence-electron chi connectivity index (χ1n) is 10.4. The van der Waals surface area contributed by atoms with Crippen molar-refractivity contribution in [2.75, 3.05) is 32.6 Å². The molecule has 4 N–H and O–H groups in total. The number of nitrogens with zero attached hydrogens (tertiary/aromatic N) is 1. The molecule has 3 aromatic rings. The highest BCUT2D eigenvalue weighted by Gasteiger charge is 2.09. The van der Waals surface area contributed by atoms with Gasteiger partial charge in [0.05, 0.1) is 5.69 Å². The Bertz CT molecular complexity index is 1070. The lowest BCUT2D eigenvalue weighted by molar-refractivity contribution is 0.0958. The molecule has 0 spiro atoms. The van der Waals surface area contributed by atoms with E-state index in [4.69, 9.17) is 9.47 Å². The van der Waals surface area contributed by atoms with Gasteiger partial charge >= 0.3 is 6.03 Å². The van der Waals surface area contributed by atoms with E-state index in [1.165, 1.54) is 6.20 Å². The highest BCUT2D eigenvalue weighted by Crippen LogP contribution is 2.24. The van der Waals surface area contributed by atoms with Gasteiger partial charge in [0.25, 0.3) is 5.91 Å². The van der Waals surface area contributed by atoms with Gasteiger partial charge in [0, 0.05) is 32.4 Å². The lowest BCUT2D eigenvalue weighted by atomic mass is 10.2. The fourth-order valence-corrected chi connectivity index (χ4v) is 2.85. The summed E-state index contributed by atoms with van der Waals surface area (Å²) in [5.74, 6) is 1.43. The van der Waals surface area contributed by atoms with Crippen molar-refractivity contribution in [1.82, 2.24) is 20.9 Å². The molecule has 172 valence electrons. The summed E-state index contributed by atoms with van der Waals surface area (Å²) in [6, 6.07) is 17.5. The van der Waals surface area contributed by atoms with E-state index in [1.807, 2.05) is 37.4 Å². The van der Waals surface area contributed by atoms with Crippen molar-refractivity contribution < 1.29 is 19.1 Å². The molecule has 9 heteroatoms. The molecule has 0 aliphatic heterocycles. The number of para-hydroxylation sites is 2. The van der Waals surface area contributed by atoms with Gasteiger partial charge in [-0.15, -0.1) is 0 Å². The van der Waals surface area contributed by atoms with Crippen LogP contribution in [0.4, 0.5) is 10.5 Å². The fourth-order valence-electron chi connectivity index (χ4n) is 2.85. The Balaban J connectivity index is 1.52. The number of hydrogen-bond acceptors (Lipinski definition) is 6. The summed E-state index contributed by atoms with van der Waals surface area (Å²) in [6.07, 6.45) is 1.51. The summed E-state index contributed by atoms with van der Waals surface area (Å²) in [6.45, 7) is 1.54. The average Bonchev–Trinajstić information content (AvgIpc) is 2.84. The lowest BCUT2D eigenvalue weighted by Gasteiger charge is -2.13. The zero-order valence-corrected chi connectivity index (χ0v) is 18.6. The molecule has 3 amide bonds. The number of hydrogen-bond donors (Lipinski definition) is 4. The molecule has 0 bridgehead atoms. The van der Waals surface area contributed by atoms with Gasteiger partial charge < -0.3 is 30.7 Å². The number of amides is 3. The van der Waals surface area contributed by atoms with Crippen molar-refractivity contribution in [2.45, 2.75) is 6.54 Å². The summed E-state index contributed by atoms with van der Waals surface area (Å²) in [4.78, 5) is 28.1. The van der Waals surface area contributed by atoms with Crippen LogP contribution in [0.2, 0.25) is 0 Å². The normalized spacial score (nSPS) is 10.2. The molecule has 3 rings (SSSR count). The van der Waals surface area contributed by atoms with Gasteiger partial charge in [-0.3, -0.25) is 9.78 Å². The quantitative estimate of drug-likeness (QED) is 0.354. The van der Waals surface area contributed by atoms with Crippen molar-refractivity contribution in [1.29, 1.82) is 0 Å². The number of likely N-dealkylation sites (N-methyl/N-ethyl adjacent to an activating group) is 1. The fraction of sp³-hybridized carbons (Fsp3) is 0.208. The van der Waals surface area contributed by atoms with Crippen LogP contribution in [0.25, 0.3) is 0 Å². The number of carbonyl (C=O) groups is 2. The number of benzene rings is 2. The van der Waals surface area contributed by atoms with Crippen LogP contribution in [0.1, 0.15) is 16.1 Å². The SMILES string of the molecule is CNCCOc1ccccc1NC(=O)NCc1ccc(Oc2ccnc(C(=O)NC)c2)cc1. The molecule has 0 fully saturated rings. The van der Waals surface area contributed by atoms with E-state index in [1.54, 1.807) is 37.4 Å². The third kappa shape index (κ3) is 7.22. The highest BCUT2D eigenvalue weighted by molar-refractivity contribution is 5.92. The highest BCUT2D eigenvalue weighted by atomic mass is 16.5. The number of nitrogens with one attached hydrogen (secondary N) is 4. The minimum atomic E-state index is -0.335. The second kappa shape index (κ2) is 12.1. The Morgan fingerprint density at radius 1 is 0.970 bits per heavy atom. The van der Waals surface area contributed by atoms with E-state index >= 15 is 0 Å². The van der Waals surface area contributed by atoms with E-state index in [0.29, 0.717) is 42.6 Å². The number of rotatable bonds is 10. The molecule has 1 aromatic heterocycles. The van der Waals surface area contributed by atoms with E-state index in [-0.39, 0.29) is 17.6 Å². The summed E-state index contributed by atoms with van der Waals surface area (Å²) < 4.78 is 11.5. The number of pyridine rings is 1. The van der Waals surface area contributed by atoms with E-state index in [2.05, 4.69) is 26.3 Å². The number of ether oxygens (including phenoxy) is 2. The van der Waals surface area contributed by atoms with E-state index in [9.17, 15) is 9.59 Å². The first kappa shape index (κ1) is 23.6. The smallest absolute Gasteiger partial charge is 0.319 e. The summed E-state index contributed by atoms with van der Waals surface area (Å²) >= 11 is 0. The summed E-state index contributed by atoms with van der Waals surface area (Å²) in [5.41, 5.74) is 1.77. The summed E-state index contributed by atoms with van der Waals surface area (Å²) in [7, 11) is 3.39. The maximum Gasteiger partial charge on any atom is 0.319 e. The van der Waals surface area contributed by atoms with Gasteiger partial charge in [0.15, 0.2) is 0 Å². The second-order valence-corrected chi connectivity index (χ2v) is 6.96. The van der Waals surface area contributed by atoms with E-state index < -0.39 is 0 Å². The Labute approximate surface area is 192 Å². The molecular formula is C24H27N5O4. The minimum Gasteiger partial charge on any atom is -0.490 e. The van der Waals surface area contributed by atoms with Crippen LogP contribution in [-0.2, 0) is 6.54 Å². The topological polar surface area (TPSA) is 114 Å². The number of urea groups is 1. The minimum absolute atomic E-state index is 0.274. The zero-order chi connectivity index (χ0) is 23.5. The molecule has 1 heterocycles. The molecule has 0 saturated carbocycles. The monoisotopic (exact) mass is 449 g/mol. The number of aromatic nitrogens is 1. The van der Waals surface area contributed by atoms with Crippen LogP contribution < -0.4 is 30.7 Å². The Hall–Kier alpha value is -4.11. The molecule has 0 atom stereocenters. The van der Waals surface area contributed by atoms with Crippen LogP contribution in [0.5, 0.6) is 17.2 Å². The van der Waals surface area contributed by atoms with Crippen LogP contribution in [-0.4, -0.2) is 44.2 Å². The largest absolute Gasteiger partial charge is 0.490 e. The maximum atomic E-state index is 12.3. The van der Waals surface area contributed by atoms with Gasteiger partial charge in [-0.1, -0.05) is 24.3 Å². The van der Waals surface area contributed by atoms with Crippen LogP contribution in [0.3, 0.4) is 0 Å². The van der Waals surface area contributed by atoms with Gasteiger partial charge in [0.1, 0.15) is 29.5 Å². The van der Waals surface area contributed by atoms with Crippen LogP contribution in [0, 0.1) is 0 Å². The van der Waals surface area contributed by atoms with Gasteiger partial charge in [0.2, 0.25) is 0 Å². The molecule has 33 heavy (non-hydrogen) atoms. The standard InChI is InChI=1S/C24H27N5O4/c1-25-13-14-32-22-6-4-3-5-20(22)29-24(31)28-16-17-7-9-18(10-8-17)33-19-11-12-27-21(15-19)23(30)26-2/h3-12,15,25H,13-14,16H2,1-2H3,(H,26,30)(H2,28,29,31). The second-order valence-electron chi connectivity index (χ2n) is 6.96. The first-order valence-corrected chi connectivity index (χ1v) is 10.4. The Morgan fingerprint density at radius 3 is 2.52 bits per heavy atom. The van der Waals surface area contributed by atoms with Crippen molar-refractivity contribution in [3.8, 4) is 17.2 Å². The third-order valence-electron chi connectivity index (χ3n) is 4.55. The van der Waals surface area contributed by atoms with Crippen molar-refractivity contribution in [3.05, 3.63) is 78.1 Å². The zero-order valence-electron chi connectivity index (χ0n) is 18.6. The predicted octanol–water partition coefficient (Wildman–Crippen LogP) is 3.15. The molecule has 2 aromatic carbocycles. The van der Waals surface area contributed by atoms with Crippen molar-refractivity contribution in [3.63, 3.8) is 0 Å². The van der Waals surface area contributed by atoms with Gasteiger partial charge in [-0.25, -0.2) is 4.79 Å². The Morgan fingerprint density at radius 2 is 1.76 bits per heavy atom. The molecular weight excluding hydrogens is 422 g/mol. The van der Waals surface area contributed by atoms with Crippen molar-refractivity contribution in [2.24, 2.45) is 0 Å². The molecule has 0 saturated heterocycles. The van der Waals surface area contributed by atoms with Crippen LogP contribution in [0.15, 0.2) is 66.9 Å².